The van der Waals surface area contributed by atoms with Crippen molar-refractivity contribution in [1.29, 1.82) is 0 Å². The normalized spacial score (nSPS) is 13.2. The third kappa shape index (κ3) is 3.88. The zero-order valence-corrected chi connectivity index (χ0v) is 16.2. The molecule has 1 aliphatic carbocycles. The molecule has 3 nitrogen and oxygen atoms in total. The summed E-state index contributed by atoms with van der Waals surface area (Å²) >= 11 is 0. The molecular weight excluding hydrogens is 330 g/mol. The van der Waals surface area contributed by atoms with Crippen LogP contribution in [0.2, 0.25) is 0 Å². The van der Waals surface area contributed by atoms with Gasteiger partial charge in [0, 0.05) is 26.0 Å². The summed E-state index contributed by atoms with van der Waals surface area (Å²) < 4.78 is 2.09. The fourth-order valence-electron chi connectivity index (χ4n) is 3.94. The van der Waals surface area contributed by atoms with Gasteiger partial charge in [0.05, 0.1) is 6.54 Å². The van der Waals surface area contributed by atoms with E-state index in [1.807, 2.05) is 12.4 Å². The van der Waals surface area contributed by atoms with Crippen LogP contribution in [0.4, 0.5) is 0 Å². The van der Waals surface area contributed by atoms with Crippen molar-refractivity contribution in [1.82, 2.24) is 14.5 Å². The summed E-state index contributed by atoms with van der Waals surface area (Å²) in [7, 11) is 4.22. The topological polar surface area (TPSA) is 21.1 Å². The molecule has 0 saturated carbocycles. The SMILES string of the molecule is CN(CCC=C1c2ccccc2CCc2ccccc21)Cc1nccn1C. The van der Waals surface area contributed by atoms with Gasteiger partial charge in [-0.2, -0.15) is 0 Å². The van der Waals surface area contributed by atoms with Gasteiger partial charge in [-0.1, -0.05) is 54.6 Å². The van der Waals surface area contributed by atoms with E-state index in [0.29, 0.717) is 0 Å². The monoisotopic (exact) mass is 357 g/mol. The first-order valence-corrected chi connectivity index (χ1v) is 9.74. The Bertz CT molecular complexity index is 902. The Labute approximate surface area is 162 Å². The third-order valence-corrected chi connectivity index (χ3v) is 5.47. The highest BCUT2D eigenvalue weighted by Gasteiger charge is 2.17. The summed E-state index contributed by atoms with van der Waals surface area (Å²) in [5, 5.41) is 0. The molecule has 0 amide bonds. The van der Waals surface area contributed by atoms with Crippen LogP contribution in [-0.2, 0) is 26.4 Å². The molecule has 0 radical (unpaired) electrons. The van der Waals surface area contributed by atoms with Crippen LogP contribution in [0.15, 0.2) is 67.0 Å². The van der Waals surface area contributed by atoms with Crippen LogP contribution in [0.1, 0.15) is 34.5 Å². The van der Waals surface area contributed by atoms with E-state index >= 15 is 0 Å². The summed E-state index contributed by atoms with van der Waals surface area (Å²) in [6.45, 7) is 1.89. The van der Waals surface area contributed by atoms with Gasteiger partial charge in [-0.15, -0.1) is 0 Å². The second-order valence-corrected chi connectivity index (χ2v) is 7.41. The summed E-state index contributed by atoms with van der Waals surface area (Å²) in [6, 6.07) is 17.8. The fraction of sp³-hybridized carbons (Fsp3) is 0.292. The second kappa shape index (κ2) is 7.93. The lowest BCUT2D eigenvalue weighted by Gasteiger charge is -2.16. The first-order valence-electron chi connectivity index (χ1n) is 9.74. The van der Waals surface area contributed by atoms with Crippen molar-refractivity contribution in [3.63, 3.8) is 0 Å². The fourth-order valence-corrected chi connectivity index (χ4v) is 3.94. The van der Waals surface area contributed by atoms with Gasteiger partial charge in [0.2, 0.25) is 0 Å². The second-order valence-electron chi connectivity index (χ2n) is 7.41. The molecule has 1 aromatic heterocycles. The molecule has 2 aromatic carbocycles. The Hall–Kier alpha value is -2.65. The summed E-state index contributed by atoms with van der Waals surface area (Å²) in [5.41, 5.74) is 7.11. The van der Waals surface area contributed by atoms with Crippen molar-refractivity contribution < 1.29 is 0 Å². The minimum absolute atomic E-state index is 0.875. The van der Waals surface area contributed by atoms with E-state index < -0.39 is 0 Å². The molecule has 4 rings (SSSR count). The number of imidazole rings is 1. The Kier molecular flexibility index (Phi) is 5.21. The minimum atomic E-state index is 0.875. The molecule has 3 heteroatoms. The maximum absolute atomic E-state index is 4.43. The lowest BCUT2D eigenvalue weighted by molar-refractivity contribution is 0.321. The molecule has 27 heavy (non-hydrogen) atoms. The molecule has 1 heterocycles. The van der Waals surface area contributed by atoms with E-state index in [4.69, 9.17) is 0 Å². The molecule has 0 fully saturated rings. The third-order valence-electron chi connectivity index (χ3n) is 5.47. The van der Waals surface area contributed by atoms with Crippen molar-refractivity contribution in [2.24, 2.45) is 7.05 Å². The van der Waals surface area contributed by atoms with Gasteiger partial charge in [0.1, 0.15) is 5.82 Å². The number of hydrogen-bond donors (Lipinski definition) is 0. The highest BCUT2D eigenvalue weighted by molar-refractivity contribution is 5.83. The van der Waals surface area contributed by atoms with Crippen molar-refractivity contribution in [2.45, 2.75) is 25.8 Å². The molecule has 0 atom stereocenters. The summed E-state index contributed by atoms with van der Waals surface area (Å²) in [6.07, 6.45) is 9.55. The number of nitrogens with zero attached hydrogens (tertiary/aromatic N) is 3. The Morgan fingerprint density at radius 3 is 2.22 bits per heavy atom. The predicted octanol–water partition coefficient (Wildman–Crippen LogP) is 4.47. The molecule has 0 saturated heterocycles. The average molecular weight is 358 g/mol. The van der Waals surface area contributed by atoms with E-state index in [1.54, 1.807) is 0 Å². The minimum Gasteiger partial charge on any atom is -0.337 e. The van der Waals surface area contributed by atoms with E-state index in [2.05, 4.69) is 83.2 Å². The van der Waals surface area contributed by atoms with Gasteiger partial charge < -0.3 is 4.57 Å². The average Bonchev–Trinajstić information content (AvgIpc) is 3.01. The lowest BCUT2D eigenvalue weighted by atomic mass is 9.93. The zero-order valence-electron chi connectivity index (χ0n) is 16.2. The van der Waals surface area contributed by atoms with Gasteiger partial charge in [0.25, 0.3) is 0 Å². The van der Waals surface area contributed by atoms with Crippen LogP contribution in [-0.4, -0.2) is 28.0 Å². The van der Waals surface area contributed by atoms with Crippen LogP contribution in [0.3, 0.4) is 0 Å². The van der Waals surface area contributed by atoms with Crippen LogP contribution in [0.5, 0.6) is 0 Å². The standard InChI is InChI=1S/C24H27N3/c1-26(18-24-25-15-17-27(24)2)16-7-12-23-21-10-5-3-8-19(21)13-14-20-9-4-6-11-22(20)23/h3-6,8-12,15,17H,7,13-14,16,18H2,1-2H3. The largest absolute Gasteiger partial charge is 0.337 e. The quantitative estimate of drug-likeness (QED) is 0.672. The highest BCUT2D eigenvalue weighted by atomic mass is 15.1. The smallest absolute Gasteiger partial charge is 0.122 e. The van der Waals surface area contributed by atoms with Gasteiger partial charge in [-0.3, -0.25) is 4.90 Å². The zero-order chi connectivity index (χ0) is 18.6. The molecular formula is C24H27N3. The van der Waals surface area contributed by atoms with E-state index in [-0.39, 0.29) is 0 Å². The van der Waals surface area contributed by atoms with Gasteiger partial charge >= 0.3 is 0 Å². The number of hydrogen-bond acceptors (Lipinski definition) is 2. The number of benzene rings is 2. The maximum atomic E-state index is 4.43. The van der Waals surface area contributed by atoms with E-state index in [1.165, 1.54) is 27.8 Å². The maximum Gasteiger partial charge on any atom is 0.122 e. The number of fused-ring (bicyclic) bond motifs is 2. The van der Waals surface area contributed by atoms with Crippen LogP contribution in [0.25, 0.3) is 5.57 Å². The van der Waals surface area contributed by atoms with Crippen LogP contribution < -0.4 is 0 Å². The van der Waals surface area contributed by atoms with E-state index in [0.717, 1.165) is 38.2 Å². The summed E-state index contributed by atoms with van der Waals surface area (Å²) in [5.74, 6) is 1.11. The molecule has 0 bridgehead atoms. The predicted molar refractivity (Wildman–Crippen MR) is 112 cm³/mol. The summed E-state index contributed by atoms with van der Waals surface area (Å²) in [4.78, 5) is 6.77. The number of aromatic nitrogens is 2. The van der Waals surface area contributed by atoms with Crippen molar-refractivity contribution in [3.05, 3.63) is 95.1 Å². The molecule has 0 unspecified atom stereocenters. The van der Waals surface area contributed by atoms with Crippen molar-refractivity contribution in [3.8, 4) is 0 Å². The number of rotatable bonds is 5. The molecule has 138 valence electrons. The van der Waals surface area contributed by atoms with Crippen molar-refractivity contribution >= 4 is 5.57 Å². The van der Waals surface area contributed by atoms with E-state index in [9.17, 15) is 0 Å². The molecule has 1 aliphatic rings. The van der Waals surface area contributed by atoms with Gasteiger partial charge in [0.15, 0.2) is 0 Å². The van der Waals surface area contributed by atoms with Crippen molar-refractivity contribution in [2.75, 3.05) is 13.6 Å². The molecule has 0 aliphatic heterocycles. The van der Waals surface area contributed by atoms with Gasteiger partial charge in [-0.05, 0) is 54.1 Å². The molecule has 0 N–H and O–H groups in total. The first kappa shape index (κ1) is 17.7. The Morgan fingerprint density at radius 1 is 1.00 bits per heavy atom. The number of aryl methyl sites for hydroxylation is 3. The van der Waals surface area contributed by atoms with Gasteiger partial charge in [-0.25, -0.2) is 4.98 Å². The Morgan fingerprint density at radius 2 is 1.63 bits per heavy atom. The Balaban J connectivity index is 1.56. The molecule has 3 aromatic rings. The van der Waals surface area contributed by atoms with Crippen LogP contribution >= 0.6 is 0 Å². The first-order chi connectivity index (χ1) is 13.2. The lowest BCUT2D eigenvalue weighted by Crippen LogP contribution is -2.20. The molecule has 0 spiro atoms. The highest BCUT2D eigenvalue weighted by Crippen LogP contribution is 2.33. The van der Waals surface area contributed by atoms with Crippen LogP contribution in [0, 0.1) is 0 Å².